The number of piperidine rings is 1. The Morgan fingerprint density at radius 1 is 1.30 bits per heavy atom. The van der Waals surface area contributed by atoms with Crippen molar-refractivity contribution in [2.75, 3.05) is 6.54 Å². The summed E-state index contributed by atoms with van der Waals surface area (Å²) in [6, 6.07) is 5.96. The molecule has 140 valence electrons. The lowest BCUT2D eigenvalue weighted by Gasteiger charge is -2.32. The van der Waals surface area contributed by atoms with E-state index in [4.69, 9.17) is 4.52 Å². The highest BCUT2D eigenvalue weighted by Crippen LogP contribution is 2.29. The van der Waals surface area contributed by atoms with Crippen molar-refractivity contribution in [3.05, 3.63) is 56.6 Å². The zero-order valence-corrected chi connectivity index (χ0v) is 14.3. The molecule has 0 saturated carbocycles. The third-order valence-corrected chi connectivity index (χ3v) is 4.59. The van der Waals surface area contributed by atoms with E-state index < -0.39 is 4.92 Å². The van der Waals surface area contributed by atoms with Gasteiger partial charge < -0.3 is 4.52 Å². The zero-order chi connectivity index (χ0) is 18.8. The number of nitro groups is 1. The van der Waals surface area contributed by atoms with Crippen molar-refractivity contribution in [2.24, 2.45) is 0 Å². The summed E-state index contributed by atoms with van der Waals surface area (Å²) in [6.07, 6.45) is 2.96. The fourth-order valence-corrected chi connectivity index (χ4v) is 3.27. The maximum absolute atomic E-state index is 11.3. The maximum atomic E-state index is 11.3. The van der Waals surface area contributed by atoms with Crippen LogP contribution in [0.4, 0.5) is 5.69 Å². The minimum Gasteiger partial charge on any atom is -0.338 e. The first-order valence-electron chi connectivity index (χ1n) is 8.56. The van der Waals surface area contributed by atoms with Crippen molar-refractivity contribution in [1.29, 1.82) is 0 Å². The van der Waals surface area contributed by atoms with E-state index in [1.54, 1.807) is 12.1 Å². The summed E-state index contributed by atoms with van der Waals surface area (Å²) in [5, 5.41) is 21.2. The Bertz CT molecular complexity index is 991. The SMILES string of the molecule is O=c1[nH]nc([C@@H]2CCCCN2Cc2nc(-c3ccc([N+](=O)[O-])cc3)no2)[nH]1. The molecule has 0 aliphatic carbocycles. The Balaban J connectivity index is 1.50. The van der Waals surface area contributed by atoms with Gasteiger partial charge in [-0.15, -0.1) is 0 Å². The molecular weight excluding hydrogens is 354 g/mol. The highest BCUT2D eigenvalue weighted by atomic mass is 16.6. The average molecular weight is 371 g/mol. The molecule has 2 N–H and O–H groups in total. The number of aromatic amines is 2. The van der Waals surface area contributed by atoms with E-state index in [1.165, 1.54) is 12.1 Å². The van der Waals surface area contributed by atoms with Gasteiger partial charge >= 0.3 is 5.69 Å². The minimum atomic E-state index is -0.457. The van der Waals surface area contributed by atoms with E-state index in [0.717, 1.165) is 25.8 Å². The number of likely N-dealkylation sites (tertiary alicyclic amines) is 1. The minimum absolute atomic E-state index is 0.00613. The van der Waals surface area contributed by atoms with Crippen LogP contribution in [0.3, 0.4) is 0 Å². The molecule has 11 heteroatoms. The molecular formula is C16H17N7O4. The molecule has 1 saturated heterocycles. The number of non-ortho nitro benzene ring substituents is 1. The number of benzene rings is 1. The topological polar surface area (TPSA) is 147 Å². The largest absolute Gasteiger partial charge is 0.340 e. The Labute approximate surface area is 152 Å². The van der Waals surface area contributed by atoms with E-state index in [0.29, 0.717) is 29.6 Å². The van der Waals surface area contributed by atoms with E-state index >= 15 is 0 Å². The summed E-state index contributed by atoms with van der Waals surface area (Å²) >= 11 is 0. The Kier molecular flexibility index (Phi) is 4.50. The van der Waals surface area contributed by atoms with Crippen LogP contribution < -0.4 is 5.69 Å². The van der Waals surface area contributed by atoms with Gasteiger partial charge in [0, 0.05) is 17.7 Å². The molecule has 0 spiro atoms. The molecule has 27 heavy (non-hydrogen) atoms. The van der Waals surface area contributed by atoms with Crippen LogP contribution in [-0.4, -0.2) is 41.7 Å². The summed E-state index contributed by atoms with van der Waals surface area (Å²) < 4.78 is 5.35. The van der Waals surface area contributed by atoms with Gasteiger partial charge in [0.05, 0.1) is 17.5 Å². The second-order valence-electron chi connectivity index (χ2n) is 6.36. The van der Waals surface area contributed by atoms with E-state index in [1.807, 2.05) is 0 Å². The van der Waals surface area contributed by atoms with Crippen LogP contribution in [-0.2, 0) is 6.54 Å². The first-order chi connectivity index (χ1) is 13.1. The molecule has 1 atom stereocenters. The van der Waals surface area contributed by atoms with Gasteiger partial charge in [0.2, 0.25) is 11.7 Å². The lowest BCUT2D eigenvalue weighted by molar-refractivity contribution is -0.384. The normalized spacial score (nSPS) is 17.9. The van der Waals surface area contributed by atoms with Crippen LogP contribution >= 0.6 is 0 Å². The van der Waals surface area contributed by atoms with Gasteiger partial charge in [-0.1, -0.05) is 11.6 Å². The van der Waals surface area contributed by atoms with Crippen LogP contribution in [0.5, 0.6) is 0 Å². The predicted octanol–water partition coefficient (Wildman–Crippen LogP) is 1.78. The maximum Gasteiger partial charge on any atom is 0.340 e. The molecule has 1 aromatic carbocycles. The first-order valence-corrected chi connectivity index (χ1v) is 8.56. The number of nitro benzene ring substituents is 1. The standard InChI is InChI=1S/C16H17N7O4/c24-16-18-15(19-20-16)12-3-1-2-8-22(12)9-13-17-14(21-27-13)10-4-6-11(7-5-10)23(25)26/h4-7,12H,1-3,8-9H2,(H2,18,19,20,24)/t12-/m0/s1. The number of H-pyrrole nitrogens is 2. The Morgan fingerprint density at radius 3 is 2.81 bits per heavy atom. The van der Waals surface area contributed by atoms with Gasteiger partial charge in [0.15, 0.2) is 0 Å². The van der Waals surface area contributed by atoms with Crippen LogP contribution in [0.15, 0.2) is 33.6 Å². The molecule has 11 nitrogen and oxygen atoms in total. The molecule has 4 rings (SSSR count). The van der Waals surface area contributed by atoms with Gasteiger partial charge in [0.25, 0.3) is 5.69 Å². The van der Waals surface area contributed by atoms with Crippen molar-refractivity contribution >= 4 is 5.69 Å². The molecule has 3 aromatic rings. The lowest BCUT2D eigenvalue weighted by atomic mass is 10.0. The molecule has 0 bridgehead atoms. The summed E-state index contributed by atoms with van der Waals surface area (Å²) in [7, 11) is 0. The molecule has 0 radical (unpaired) electrons. The zero-order valence-electron chi connectivity index (χ0n) is 14.3. The summed E-state index contributed by atoms with van der Waals surface area (Å²) in [4.78, 5) is 30.9. The Hall–Kier alpha value is -3.34. The quantitative estimate of drug-likeness (QED) is 0.509. The van der Waals surface area contributed by atoms with Crippen LogP contribution in [0, 0.1) is 10.1 Å². The molecule has 2 aromatic heterocycles. The summed E-state index contributed by atoms with van der Waals surface area (Å²) in [5.41, 5.74) is 0.322. The summed E-state index contributed by atoms with van der Waals surface area (Å²) in [5.74, 6) is 1.42. The second-order valence-corrected chi connectivity index (χ2v) is 6.36. The molecule has 0 amide bonds. The van der Waals surface area contributed by atoms with Gasteiger partial charge in [-0.3, -0.25) is 20.0 Å². The Morgan fingerprint density at radius 2 is 2.11 bits per heavy atom. The summed E-state index contributed by atoms with van der Waals surface area (Å²) in [6.45, 7) is 1.26. The van der Waals surface area contributed by atoms with Crippen LogP contribution in [0.25, 0.3) is 11.4 Å². The third-order valence-electron chi connectivity index (χ3n) is 4.59. The van der Waals surface area contributed by atoms with Crippen molar-refractivity contribution in [3.8, 4) is 11.4 Å². The number of rotatable bonds is 5. The number of hydrogen-bond donors (Lipinski definition) is 2. The fraction of sp³-hybridized carbons (Fsp3) is 0.375. The van der Waals surface area contributed by atoms with Crippen molar-refractivity contribution in [1.82, 2.24) is 30.2 Å². The van der Waals surface area contributed by atoms with E-state index in [-0.39, 0.29) is 17.4 Å². The fourth-order valence-electron chi connectivity index (χ4n) is 3.27. The monoisotopic (exact) mass is 371 g/mol. The average Bonchev–Trinajstić information content (AvgIpc) is 3.31. The van der Waals surface area contributed by atoms with Crippen molar-refractivity contribution < 1.29 is 9.45 Å². The first kappa shape index (κ1) is 17.1. The molecule has 0 unspecified atom stereocenters. The lowest BCUT2D eigenvalue weighted by Crippen LogP contribution is -2.33. The van der Waals surface area contributed by atoms with Gasteiger partial charge in [-0.2, -0.15) is 10.1 Å². The van der Waals surface area contributed by atoms with Gasteiger partial charge in [-0.25, -0.2) is 9.89 Å². The predicted molar refractivity (Wildman–Crippen MR) is 92.6 cm³/mol. The molecule has 3 heterocycles. The molecule has 1 aliphatic rings. The molecule has 1 aliphatic heterocycles. The third kappa shape index (κ3) is 3.62. The van der Waals surface area contributed by atoms with Gasteiger partial charge in [0.1, 0.15) is 5.82 Å². The van der Waals surface area contributed by atoms with Gasteiger partial charge in [-0.05, 0) is 31.5 Å². The smallest absolute Gasteiger partial charge is 0.338 e. The highest BCUT2D eigenvalue weighted by Gasteiger charge is 2.28. The molecule has 1 fully saturated rings. The number of nitrogens with one attached hydrogen (secondary N) is 2. The number of nitrogens with zero attached hydrogens (tertiary/aromatic N) is 5. The van der Waals surface area contributed by atoms with Crippen molar-refractivity contribution in [3.63, 3.8) is 0 Å². The number of aromatic nitrogens is 5. The number of hydrogen-bond acceptors (Lipinski definition) is 8. The van der Waals surface area contributed by atoms with Crippen LogP contribution in [0.1, 0.15) is 37.0 Å². The second kappa shape index (κ2) is 7.11. The van der Waals surface area contributed by atoms with E-state index in [9.17, 15) is 14.9 Å². The van der Waals surface area contributed by atoms with E-state index in [2.05, 4.69) is 30.2 Å². The van der Waals surface area contributed by atoms with Crippen LogP contribution in [0.2, 0.25) is 0 Å². The van der Waals surface area contributed by atoms with Crippen molar-refractivity contribution in [2.45, 2.75) is 31.8 Å². The highest BCUT2D eigenvalue weighted by molar-refractivity contribution is 5.56.